The van der Waals surface area contributed by atoms with Gasteiger partial charge in [-0.3, -0.25) is 4.79 Å². The van der Waals surface area contributed by atoms with Gasteiger partial charge in [0.25, 0.3) is 0 Å². The maximum Gasteiger partial charge on any atom is 0.222 e. The third-order valence-corrected chi connectivity index (χ3v) is 6.93. The lowest BCUT2D eigenvalue weighted by Crippen LogP contribution is -2.29. The van der Waals surface area contributed by atoms with E-state index >= 15 is 0 Å². The second-order valence-corrected chi connectivity index (χ2v) is 9.00. The average Bonchev–Trinajstić information content (AvgIpc) is 3.23. The second-order valence-electron chi connectivity index (χ2n) is 9.00. The molecule has 1 heterocycles. The zero-order valence-electron chi connectivity index (χ0n) is 18.6. The number of nitrogens with zero attached hydrogens (tertiary/aromatic N) is 1. The van der Waals surface area contributed by atoms with Crippen molar-refractivity contribution in [2.45, 2.75) is 37.5 Å². The molecule has 2 atom stereocenters. The van der Waals surface area contributed by atoms with Gasteiger partial charge in [-0.1, -0.05) is 30.3 Å². The Kier molecular flexibility index (Phi) is 5.95. The van der Waals surface area contributed by atoms with Gasteiger partial charge >= 0.3 is 0 Å². The minimum absolute atomic E-state index is 0.118. The number of carbonyl (C=O) groups is 1. The quantitative estimate of drug-likeness (QED) is 0.565. The van der Waals surface area contributed by atoms with E-state index in [4.69, 9.17) is 4.74 Å². The van der Waals surface area contributed by atoms with E-state index in [0.717, 1.165) is 37.1 Å². The summed E-state index contributed by atoms with van der Waals surface area (Å²) in [6.45, 7) is 1.94. The summed E-state index contributed by atoms with van der Waals surface area (Å²) in [5.41, 5.74) is 4.69. The molecular formula is C28H29NO4. The van der Waals surface area contributed by atoms with Gasteiger partial charge in [0.2, 0.25) is 5.91 Å². The first-order valence-electron chi connectivity index (χ1n) is 11.7. The van der Waals surface area contributed by atoms with Crippen molar-refractivity contribution >= 4 is 5.91 Å². The number of carbonyl (C=O) groups excluding carboxylic acids is 1. The van der Waals surface area contributed by atoms with Crippen LogP contribution in [0.15, 0.2) is 66.7 Å². The fourth-order valence-corrected chi connectivity index (χ4v) is 5.32. The Balaban J connectivity index is 1.39. The summed E-state index contributed by atoms with van der Waals surface area (Å²) in [5, 5.41) is 20.1. The molecule has 170 valence electrons. The van der Waals surface area contributed by atoms with Crippen LogP contribution in [0.3, 0.4) is 0 Å². The summed E-state index contributed by atoms with van der Waals surface area (Å²) >= 11 is 0. The van der Waals surface area contributed by atoms with Crippen LogP contribution in [0.2, 0.25) is 0 Å². The SMILES string of the molecule is O=C1CCCN1CCOc1ccc([C@@H]2c3ccc(O)cc3CC[C@@H]2c2cccc(O)c2)cc1. The predicted octanol–water partition coefficient (Wildman–Crippen LogP) is 4.96. The van der Waals surface area contributed by atoms with Crippen molar-refractivity contribution < 1.29 is 19.7 Å². The van der Waals surface area contributed by atoms with Crippen LogP contribution in [0.1, 0.15) is 53.4 Å². The van der Waals surface area contributed by atoms with E-state index in [-0.39, 0.29) is 23.5 Å². The van der Waals surface area contributed by atoms with E-state index in [1.54, 1.807) is 12.1 Å². The number of aryl methyl sites for hydroxylation is 1. The highest BCUT2D eigenvalue weighted by atomic mass is 16.5. The maximum absolute atomic E-state index is 11.8. The van der Waals surface area contributed by atoms with Crippen LogP contribution >= 0.6 is 0 Å². The number of fused-ring (bicyclic) bond motifs is 1. The zero-order chi connectivity index (χ0) is 22.8. The third-order valence-electron chi connectivity index (χ3n) is 6.93. The molecule has 1 aliphatic heterocycles. The molecule has 1 saturated heterocycles. The van der Waals surface area contributed by atoms with Crippen molar-refractivity contribution in [3.8, 4) is 17.2 Å². The number of benzene rings is 3. The average molecular weight is 444 g/mol. The van der Waals surface area contributed by atoms with Gasteiger partial charge in [-0.2, -0.15) is 0 Å². The number of phenolic OH excluding ortho intramolecular Hbond substituents is 2. The normalized spacial score (nSPS) is 20.0. The highest BCUT2D eigenvalue weighted by Gasteiger charge is 2.32. The van der Waals surface area contributed by atoms with Crippen molar-refractivity contribution in [1.29, 1.82) is 0 Å². The molecule has 0 bridgehead atoms. The first kappa shape index (κ1) is 21.4. The van der Waals surface area contributed by atoms with Crippen LogP contribution in [0.4, 0.5) is 0 Å². The van der Waals surface area contributed by atoms with Crippen molar-refractivity contribution in [1.82, 2.24) is 4.90 Å². The summed E-state index contributed by atoms with van der Waals surface area (Å²) in [6.07, 6.45) is 3.41. The number of likely N-dealkylation sites (tertiary alicyclic amines) is 1. The molecule has 3 aromatic carbocycles. The lowest BCUT2D eigenvalue weighted by Gasteiger charge is -2.35. The van der Waals surface area contributed by atoms with Crippen LogP contribution in [-0.4, -0.2) is 40.7 Å². The molecule has 33 heavy (non-hydrogen) atoms. The van der Waals surface area contributed by atoms with E-state index in [0.29, 0.717) is 25.3 Å². The lowest BCUT2D eigenvalue weighted by molar-refractivity contribution is -0.128. The molecule has 0 unspecified atom stereocenters. The van der Waals surface area contributed by atoms with Crippen LogP contribution in [0, 0.1) is 0 Å². The minimum atomic E-state index is 0.118. The predicted molar refractivity (Wildman–Crippen MR) is 127 cm³/mol. The highest BCUT2D eigenvalue weighted by Crippen LogP contribution is 2.47. The van der Waals surface area contributed by atoms with Crippen molar-refractivity contribution in [3.05, 3.63) is 89.0 Å². The van der Waals surface area contributed by atoms with E-state index in [1.807, 2.05) is 41.3 Å². The Bertz CT molecular complexity index is 1140. The summed E-state index contributed by atoms with van der Waals surface area (Å²) in [5.74, 6) is 1.93. The molecule has 5 rings (SSSR count). The summed E-state index contributed by atoms with van der Waals surface area (Å²) in [6, 6.07) is 21.4. The monoisotopic (exact) mass is 443 g/mol. The number of ether oxygens (including phenoxy) is 1. The van der Waals surface area contributed by atoms with Crippen molar-refractivity contribution in [2.75, 3.05) is 19.7 Å². The first-order valence-corrected chi connectivity index (χ1v) is 11.7. The molecule has 0 radical (unpaired) electrons. The highest BCUT2D eigenvalue weighted by molar-refractivity contribution is 5.78. The second kappa shape index (κ2) is 9.18. The van der Waals surface area contributed by atoms with Gasteiger partial charge in [0.05, 0.1) is 6.54 Å². The molecule has 3 aromatic rings. The molecule has 5 heteroatoms. The van der Waals surface area contributed by atoms with Gasteiger partial charge in [-0.25, -0.2) is 0 Å². The molecule has 1 aliphatic carbocycles. The fourth-order valence-electron chi connectivity index (χ4n) is 5.32. The Morgan fingerprint density at radius 2 is 1.73 bits per heavy atom. The number of phenols is 2. The van der Waals surface area contributed by atoms with Crippen LogP contribution in [0.25, 0.3) is 0 Å². The topological polar surface area (TPSA) is 70.0 Å². The van der Waals surface area contributed by atoms with Gasteiger partial charge < -0.3 is 19.8 Å². The van der Waals surface area contributed by atoms with Gasteiger partial charge in [0.1, 0.15) is 23.9 Å². The van der Waals surface area contributed by atoms with E-state index in [2.05, 4.69) is 18.2 Å². The number of amides is 1. The van der Waals surface area contributed by atoms with Crippen LogP contribution < -0.4 is 4.74 Å². The number of hydrogen-bond acceptors (Lipinski definition) is 4. The van der Waals surface area contributed by atoms with Crippen molar-refractivity contribution in [3.63, 3.8) is 0 Å². The molecule has 2 N–H and O–H groups in total. The molecule has 1 amide bonds. The number of aromatic hydroxyl groups is 2. The Morgan fingerprint density at radius 3 is 2.48 bits per heavy atom. The Labute approximate surface area is 194 Å². The van der Waals surface area contributed by atoms with Crippen molar-refractivity contribution in [2.24, 2.45) is 0 Å². The fraction of sp³-hybridized carbons (Fsp3) is 0.321. The first-order chi connectivity index (χ1) is 16.1. The third kappa shape index (κ3) is 4.54. The molecular weight excluding hydrogens is 414 g/mol. The minimum Gasteiger partial charge on any atom is -0.508 e. The molecule has 0 saturated carbocycles. The largest absolute Gasteiger partial charge is 0.508 e. The van der Waals surface area contributed by atoms with Crippen LogP contribution in [0.5, 0.6) is 17.2 Å². The molecule has 2 aliphatic rings. The standard InChI is InChI=1S/C28H29NO4/c30-22-4-1-3-20(17-22)25-12-8-21-18-23(31)9-13-26(21)28(25)19-6-10-24(11-7-19)33-16-15-29-14-2-5-27(29)32/h1,3-4,6-7,9-11,13,17-18,25,28,30-31H,2,5,8,12,14-16H2/t25-,28+/m1/s1. The van der Waals surface area contributed by atoms with Gasteiger partial charge in [-0.15, -0.1) is 0 Å². The Morgan fingerprint density at radius 1 is 0.909 bits per heavy atom. The smallest absolute Gasteiger partial charge is 0.222 e. The van der Waals surface area contributed by atoms with E-state index in [1.165, 1.54) is 16.7 Å². The molecule has 5 nitrogen and oxygen atoms in total. The molecule has 1 fully saturated rings. The summed E-state index contributed by atoms with van der Waals surface area (Å²) in [4.78, 5) is 13.6. The lowest BCUT2D eigenvalue weighted by atomic mass is 9.69. The molecule has 0 aromatic heterocycles. The van der Waals surface area contributed by atoms with E-state index < -0.39 is 0 Å². The number of rotatable bonds is 6. The summed E-state index contributed by atoms with van der Waals surface area (Å²) in [7, 11) is 0. The van der Waals surface area contributed by atoms with Gasteiger partial charge in [-0.05, 0) is 83.8 Å². The maximum atomic E-state index is 11.8. The Hall–Kier alpha value is -3.47. The zero-order valence-corrected chi connectivity index (χ0v) is 18.6. The number of hydrogen-bond donors (Lipinski definition) is 2. The molecule has 0 spiro atoms. The summed E-state index contributed by atoms with van der Waals surface area (Å²) < 4.78 is 5.91. The van der Waals surface area contributed by atoms with Gasteiger partial charge in [0, 0.05) is 18.9 Å². The van der Waals surface area contributed by atoms with E-state index in [9.17, 15) is 15.0 Å². The van der Waals surface area contributed by atoms with Gasteiger partial charge in [0.15, 0.2) is 0 Å². The van der Waals surface area contributed by atoms with Crippen LogP contribution in [-0.2, 0) is 11.2 Å².